The third-order valence-corrected chi connectivity index (χ3v) is 8.09. The van der Waals surface area contributed by atoms with Crippen molar-refractivity contribution >= 4 is 29.8 Å². The Labute approximate surface area is 273 Å². The molecule has 2 aromatic carbocycles. The molecule has 2 atom stereocenters. The van der Waals surface area contributed by atoms with E-state index in [0.717, 1.165) is 47.9 Å². The minimum absolute atomic E-state index is 0. The molecule has 0 spiro atoms. The van der Waals surface area contributed by atoms with Gasteiger partial charge in [-0.3, -0.25) is 9.98 Å². The number of benzene rings is 2. The Hall–Kier alpha value is -1.80. The first-order valence-corrected chi connectivity index (χ1v) is 15.0. The molecule has 2 unspecified atom stereocenters. The molecule has 0 heterocycles. The van der Waals surface area contributed by atoms with Gasteiger partial charge in [0, 0.05) is 12.4 Å². The maximum absolute atomic E-state index is 13.5. The topological polar surface area (TPSA) is 70.8 Å². The van der Waals surface area contributed by atoms with E-state index >= 15 is 0 Å². The first-order chi connectivity index (χ1) is 18.2. The van der Waals surface area contributed by atoms with Crippen LogP contribution < -0.4 is 22.6 Å². The van der Waals surface area contributed by atoms with Crippen molar-refractivity contribution in [3.8, 4) is 11.5 Å². The molecule has 0 radical (unpaired) electrons. The maximum Gasteiger partial charge on any atom is 3.00 e. The molecule has 0 aromatic heterocycles. The van der Waals surface area contributed by atoms with E-state index in [2.05, 4.69) is 95.2 Å². The second-order valence-corrected chi connectivity index (χ2v) is 15.9. The van der Waals surface area contributed by atoms with Gasteiger partial charge >= 0.3 is 17.4 Å². The van der Waals surface area contributed by atoms with E-state index in [4.69, 9.17) is 9.98 Å². The molecule has 4 nitrogen and oxygen atoms in total. The first kappa shape index (κ1) is 38.2. The fraction of sp³-hybridized carbons (Fsp3) is 0.611. The third kappa shape index (κ3) is 9.35. The molecule has 0 saturated heterocycles. The maximum atomic E-state index is 13.5. The molecule has 1 aliphatic rings. The summed E-state index contributed by atoms with van der Waals surface area (Å²) < 4.78 is 0. The number of hydrogen-bond acceptors (Lipinski definition) is 4. The molecule has 1 aliphatic carbocycles. The molecular formula is C36H52AlClN2O2. The Morgan fingerprint density at radius 3 is 1.14 bits per heavy atom. The fourth-order valence-electron chi connectivity index (χ4n) is 5.27. The Kier molecular flexibility index (Phi) is 12.6. The van der Waals surface area contributed by atoms with Crippen LogP contribution in [-0.2, 0) is 21.7 Å². The van der Waals surface area contributed by atoms with Crippen LogP contribution in [0.5, 0.6) is 11.5 Å². The summed E-state index contributed by atoms with van der Waals surface area (Å²) in [4.78, 5) is 9.95. The number of rotatable bonds is 4. The molecule has 1 saturated carbocycles. The van der Waals surface area contributed by atoms with Crippen LogP contribution in [0.2, 0.25) is 0 Å². The Bertz CT molecular complexity index is 1170. The van der Waals surface area contributed by atoms with Crippen LogP contribution in [0.3, 0.4) is 0 Å². The minimum Gasteiger partial charge on any atom is -1.00 e. The first-order valence-electron chi connectivity index (χ1n) is 15.0. The van der Waals surface area contributed by atoms with Gasteiger partial charge in [-0.2, -0.15) is 0 Å². The van der Waals surface area contributed by atoms with Crippen molar-refractivity contribution < 1.29 is 22.6 Å². The van der Waals surface area contributed by atoms with Crippen LogP contribution in [0.25, 0.3) is 0 Å². The van der Waals surface area contributed by atoms with Crippen molar-refractivity contribution in [2.75, 3.05) is 0 Å². The summed E-state index contributed by atoms with van der Waals surface area (Å²) in [5.74, 6) is 0.120. The van der Waals surface area contributed by atoms with Crippen molar-refractivity contribution in [3.05, 3.63) is 57.6 Å². The Morgan fingerprint density at radius 2 is 0.881 bits per heavy atom. The van der Waals surface area contributed by atoms with Crippen molar-refractivity contribution in [2.24, 2.45) is 9.98 Å². The second kappa shape index (κ2) is 13.9. The van der Waals surface area contributed by atoms with Gasteiger partial charge in [-0.1, -0.05) is 132 Å². The molecule has 0 amide bonds. The number of halogens is 1. The summed E-state index contributed by atoms with van der Waals surface area (Å²) in [7, 11) is 0. The number of nitrogens with zero attached hydrogens (tertiary/aromatic N) is 2. The average molecular weight is 607 g/mol. The van der Waals surface area contributed by atoms with Gasteiger partial charge in [0.2, 0.25) is 0 Å². The van der Waals surface area contributed by atoms with Crippen molar-refractivity contribution in [1.29, 1.82) is 0 Å². The SMILES string of the molecule is CC(C)(C)c1cc(C=NC2CCCCC2N=Cc2cc(C(C)(C)C)cc(C(C)(C)C)c2[O-])c([O-])c(C(C)(C)C)c1.[Al+3].[Cl-]. The summed E-state index contributed by atoms with van der Waals surface area (Å²) in [6, 6.07) is 8.15. The van der Waals surface area contributed by atoms with Crippen LogP contribution in [0, 0.1) is 0 Å². The largest absolute Gasteiger partial charge is 3.00 e. The summed E-state index contributed by atoms with van der Waals surface area (Å²) in [6.45, 7) is 25.6. The minimum atomic E-state index is -0.248. The average Bonchev–Trinajstić information content (AvgIpc) is 2.80. The van der Waals surface area contributed by atoms with Gasteiger partial charge in [-0.25, -0.2) is 0 Å². The number of aliphatic imine (C=N–C) groups is 2. The van der Waals surface area contributed by atoms with E-state index in [1.54, 1.807) is 12.4 Å². The fourth-order valence-corrected chi connectivity index (χ4v) is 5.27. The van der Waals surface area contributed by atoms with Crippen LogP contribution in [0.15, 0.2) is 34.3 Å². The van der Waals surface area contributed by atoms with E-state index in [1.165, 1.54) is 0 Å². The van der Waals surface area contributed by atoms with E-state index in [-0.39, 0.29) is 75.0 Å². The van der Waals surface area contributed by atoms with Gasteiger partial charge in [0.25, 0.3) is 0 Å². The zero-order valence-electron chi connectivity index (χ0n) is 28.1. The second-order valence-electron chi connectivity index (χ2n) is 15.9. The van der Waals surface area contributed by atoms with Crippen molar-refractivity contribution in [3.63, 3.8) is 0 Å². The standard InChI is InChI=1S/C36H54N2O2.Al.ClH/c1-33(2,3)25-17-23(31(39)27(19-25)35(7,8)9)21-37-29-15-13-14-16-30(29)38-22-24-18-26(34(4,5)6)20-28(32(24)40)36(10,11)12;;/h17-22,29-30,39-40H,13-16H2,1-12H3;;1H/q;+3;/p-3. The molecule has 0 N–H and O–H groups in total. The normalized spacial score (nSPS) is 18.7. The quantitative estimate of drug-likeness (QED) is 0.380. The Balaban J connectivity index is 0.00000441. The molecule has 1 fully saturated rings. The van der Waals surface area contributed by atoms with Gasteiger partial charge in [-0.15, -0.1) is 0 Å². The van der Waals surface area contributed by atoms with Gasteiger partial charge < -0.3 is 22.6 Å². The monoisotopic (exact) mass is 606 g/mol. The van der Waals surface area contributed by atoms with Gasteiger partial charge in [0.05, 0.1) is 12.1 Å². The van der Waals surface area contributed by atoms with Crippen LogP contribution in [0.1, 0.15) is 142 Å². The van der Waals surface area contributed by atoms with Crippen molar-refractivity contribution in [1.82, 2.24) is 0 Å². The van der Waals surface area contributed by atoms with Crippen LogP contribution >= 0.6 is 0 Å². The van der Waals surface area contributed by atoms with Gasteiger partial charge in [0.1, 0.15) is 0 Å². The molecule has 3 rings (SSSR count). The van der Waals surface area contributed by atoms with Crippen molar-refractivity contribution in [2.45, 2.75) is 143 Å². The predicted molar refractivity (Wildman–Crippen MR) is 174 cm³/mol. The summed E-state index contributed by atoms with van der Waals surface area (Å²) in [5.41, 5.74) is 4.62. The molecule has 2 aromatic rings. The van der Waals surface area contributed by atoms with E-state index < -0.39 is 0 Å². The summed E-state index contributed by atoms with van der Waals surface area (Å²) >= 11 is 0. The molecule has 228 valence electrons. The Morgan fingerprint density at radius 1 is 0.571 bits per heavy atom. The van der Waals surface area contributed by atoms with Crippen LogP contribution in [-0.4, -0.2) is 41.9 Å². The zero-order valence-corrected chi connectivity index (χ0v) is 30.0. The van der Waals surface area contributed by atoms with Crippen LogP contribution in [0.4, 0.5) is 0 Å². The van der Waals surface area contributed by atoms with E-state index in [1.807, 2.05) is 12.1 Å². The molecule has 42 heavy (non-hydrogen) atoms. The molecule has 6 heteroatoms. The van der Waals surface area contributed by atoms with E-state index in [9.17, 15) is 10.2 Å². The van der Waals surface area contributed by atoms with Gasteiger partial charge in [0.15, 0.2) is 0 Å². The zero-order chi connectivity index (χ0) is 30.3. The summed E-state index contributed by atoms with van der Waals surface area (Å²) in [5, 5.41) is 26.9. The van der Waals surface area contributed by atoms with E-state index in [0.29, 0.717) is 11.1 Å². The number of hydrogen-bond donors (Lipinski definition) is 0. The third-order valence-electron chi connectivity index (χ3n) is 8.09. The predicted octanol–water partition coefficient (Wildman–Crippen LogP) is 4.50. The smallest absolute Gasteiger partial charge is 1.00 e. The van der Waals surface area contributed by atoms with Gasteiger partial charge in [-0.05, 0) is 67.9 Å². The molecular weight excluding hydrogens is 555 g/mol. The molecule has 0 bridgehead atoms. The summed E-state index contributed by atoms with van der Waals surface area (Å²) in [6.07, 6.45) is 7.63. The molecule has 0 aliphatic heterocycles.